The minimum atomic E-state index is -0.656. The van der Waals surface area contributed by atoms with Crippen LogP contribution < -0.4 is 4.74 Å². The van der Waals surface area contributed by atoms with Gasteiger partial charge >= 0.3 is 0 Å². The van der Waals surface area contributed by atoms with Crippen LogP contribution >= 0.6 is 0 Å². The van der Waals surface area contributed by atoms with Crippen LogP contribution in [0.4, 0.5) is 17.6 Å². The molecule has 174 valence electrons. The van der Waals surface area contributed by atoms with Gasteiger partial charge in [0.25, 0.3) is 0 Å². The van der Waals surface area contributed by atoms with Crippen LogP contribution in [0.25, 0.3) is 10.8 Å². The van der Waals surface area contributed by atoms with E-state index < -0.39 is 11.6 Å². The van der Waals surface area contributed by atoms with Crippen molar-refractivity contribution in [3.63, 3.8) is 0 Å². The molecule has 34 heavy (non-hydrogen) atoms. The molecule has 0 aliphatic heterocycles. The smallest absolute Gasteiger partial charge is 0.134 e. The molecule has 0 spiro atoms. The number of hydrogen-bond donors (Lipinski definition) is 0. The number of fused-ring (bicyclic) bond motifs is 1. The number of aryl methyl sites for hydroxylation is 3. The largest absolute Gasteiger partial charge is 0.489 e. The lowest BCUT2D eigenvalue weighted by atomic mass is 9.97. The number of ether oxygens (including phenoxy) is 1. The fourth-order valence-electron chi connectivity index (χ4n) is 3.99. The normalized spacial score (nSPS) is 11.1. The third-order valence-corrected chi connectivity index (χ3v) is 5.84. The Labute approximate surface area is 196 Å². The lowest BCUT2D eigenvalue weighted by Crippen LogP contribution is -2.02. The summed E-state index contributed by atoms with van der Waals surface area (Å²) in [6.45, 7) is 3.68. The fourth-order valence-corrected chi connectivity index (χ4v) is 3.99. The molecule has 0 atom stereocenters. The van der Waals surface area contributed by atoms with Gasteiger partial charge in [-0.2, -0.15) is 0 Å². The maximum Gasteiger partial charge on any atom is 0.134 e. The van der Waals surface area contributed by atoms with Crippen LogP contribution in [0.2, 0.25) is 0 Å². The molecule has 0 amide bonds. The van der Waals surface area contributed by atoms with Gasteiger partial charge in [-0.25, -0.2) is 17.6 Å². The summed E-state index contributed by atoms with van der Waals surface area (Å²) in [5.41, 5.74) is 2.38. The van der Waals surface area contributed by atoms with E-state index >= 15 is 4.39 Å². The Balaban J connectivity index is 1.46. The predicted molar refractivity (Wildman–Crippen MR) is 127 cm³/mol. The van der Waals surface area contributed by atoms with Crippen molar-refractivity contribution >= 4 is 10.8 Å². The van der Waals surface area contributed by atoms with Gasteiger partial charge < -0.3 is 4.74 Å². The molecule has 0 bridgehead atoms. The average molecular weight is 465 g/mol. The van der Waals surface area contributed by atoms with Gasteiger partial charge in [-0.05, 0) is 59.9 Å². The molecule has 0 heterocycles. The van der Waals surface area contributed by atoms with Crippen LogP contribution in [0.1, 0.15) is 22.3 Å². The Morgan fingerprint density at radius 2 is 1.38 bits per heavy atom. The van der Waals surface area contributed by atoms with Gasteiger partial charge in [0.2, 0.25) is 0 Å². The second-order valence-electron chi connectivity index (χ2n) is 8.19. The first kappa shape index (κ1) is 23.6. The first-order valence-electron chi connectivity index (χ1n) is 11.1. The van der Waals surface area contributed by atoms with Crippen molar-refractivity contribution in [1.29, 1.82) is 0 Å². The van der Waals surface area contributed by atoms with Crippen LogP contribution in [0.3, 0.4) is 0 Å². The first-order valence-corrected chi connectivity index (χ1v) is 11.1. The summed E-state index contributed by atoms with van der Waals surface area (Å²) in [6.07, 6.45) is 3.18. The summed E-state index contributed by atoms with van der Waals surface area (Å²) in [7, 11) is 0. The summed E-state index contributed by atoms with van der Waals surface area (Å²) in [4.78, 5) is 0. The molecule has 0 aliphatic carbocycles. The summed E-state index contributed by atoms with van der Waals surface area (Å²) >= 11 is 0. The van der Waals surface area contributed by atoms with Crippen molar-refractivity contribution in [2.45, 2.75) is 25.7 Å². The topological polar surface area (TPSA) is 9.23 Å². The van der Waals surface area contributed by atoms with E-state index in [0.717, 1.165) is 16.5 Å². The molecule has 0 radical (unpaired) electrons. The van der Waals surface area contributed by atoms with Gasteiger partial charge in [0.15, 0.2) is 0 Å². The van der Waals surface area contributed by atoms with E-state index in [-0.39, 0.29) is 36.0 Å². The molecule has 0 N–H and O–H groups in total. The van der Waals surface area contributed by atoms with E-state index in [1.807, 2.05) is 12.1 Å². The van der Waals surface area contributed by atoms with Gasteiger partial charge in [0.1, 0.15) is 35.6 Å². The average Bonchev–Trinajstić information content (AvgIpc) is 2.83. The molecule has 5 heteroatoms. The molecule has 0 fully saturated rings. The van der Waals surface area contributed by atoms with Gasteiger partial charge in [0.05, 0.1) is 0 Å². The Hall–Kier alpha value is -3.60. The SMILES string of the molecule is C=CCOc1cc(F)c(CCc2ccc3c(F)c(CCc4ccc(F)cc4)ccc3c2)c(F)c1. The van der Waals surface area contributed by atoms with E-state index in [2.05, 4.69) is 6.58 Å². The molecule has 0 saturated heterocycles. The van der Waals surface area contributed by atoms with Crippen molar-refractivity contribution < 1.29 is 22.3 Å². The van der Waals surface area contributed by atoms with Crippen molar-refractivity contribution in [2.24, 2.45) is 0 Å². The summed E-state index contributed by atoms with van der Waals surface area (Å²) in [5.74, 6) is -1.77. The Morgan fingerprint density at radius 3 is 2.09 bits per heavy atom. The Morgan fingerprint density at radius 1 is 0.706 bits per heavy atom. The molecule has 0 aliphatic rings. The maximum absolute atomic E-state index is 15.1. The molecule has 4 rings (SSSR count). The maximum atomic E-state index is 15.1. The van der Waals surface area contributed by atoms with Crippen molar-refractivity contribution in [1.82, 2.24) is 0 Å². The highest BCUT2D eigenvalue weighted by Crippen LogP contribution is 2.26. The monoisotopic (exact) mass is 464 g/mol. The third kappa shape index (κ3) is 5.48. The van der Waals surface area contributed by atoms with E-state index in [4.69, 9.17) is 4.74 Å². The van der Waals surface area contributed by atoms with E-state index in [9.17, 15) is 13.2 Å². The molecule has 0 aromatic heterocycles. The van der Waals surface area contributed by atoms with Crippen LogP contribution in [-0.2, 0) is 25.7 Å². The standard InChI is InChI=1S/C29H24F4O/c1-2-15-34-24-17-27(31)26(28(32)18-24)14-7-20-6-13-25-22(16-20)10-9-21(29(25)33)8-3-19-4-11-23(30)12-5-19/h2,4-6,9-13,16-18H,1,3,7-8,14-15H2. The highest BCUT2D eigenvalue weighted by Gasteiger charge is 2.13. The second-order valence-corrected chi connectivity index (χ2v) is 8.19. The Kier molecular flexibility index (Phi) is 7.31. The fraction of sp³-hybridized carbons (Fsp3) is 0.172. The van der Waals surface area contributed by atoms with Gasteiger partial charge in [0, 0.05) is 23.1 Å². The molecular formula is C29H24F4O. The van der Waals surface area contributed by atoms with Crippen LogP contribution in [0.5, 0.6) is 5.75 Å². The van der Waals surface area contributed by atoms with Crippen molar-refractivity contribution in [3.8, 4) is 5.75 Å². The molecule has 0 unspecified atom stereocenters. The zero-order chi connectivity index (χ0) is 24.1. The second kappa shape index (κ2) is 10.6. The van der Waals surface area contributed by atoms with Crippen molar-refractivity contribution in [2.75, 3.05) is 6.61 Å². The third-order valence-electron chi connectivity index (χ3n) is 5.84. The van der Waals surface area contributed by atoms with Crippen LogP contribution in [0, 0.1) is 23.3 Å². The lowest BCUT2D eigenvalue weighted by molar-refractivity contribution is 0.357. The van der Waals surface area contributed by atoms with Gasteiger partial charge in [-0.1, -0.05) is 55.1 Å². The summed E-state index contributed by atoms with van der Waals surface area (Å²) < 4.78 is 62.1. The molecular weight excluding hydrogens is 440 g/mol. The zero-order valence-corrected chi connectivity index (χ0v) is 18.6. The lowest BCUT2D eigenvalue weighted by Gasteiger charge is -2.11. The Bertz CT molecular complexity index is 1290. The zero-order valence-electron chi connectivity index (χ0n) is 18.6. The van der Waals surface area contributed by atoms with Gasteiger partial charge in [-0.3, -0.25) is 0 Å². The summed E-state index contributed by atoms with van der Waals surface area (Å²) in [5, 5.41) is 1.23. The van der Waals surface area contributed by atoms with Gasteiger partial charge in [-0.15, -0.1) is 0 Å². The van der Waals surface area contributed by atoms with Crippen LogP contribution in [0.15, 0.2) is 79.4 Å². The molecule has 4 aromatic carbocycles. The number of benzene rings is 4. The van der Waals surface area contributed by atoms with Crippen molar-refractivity contribution in [3.05, 3.63) is 125 Å². The first-order chi connectivity index (χ1) is 16.4. The van der Waals surface area contributed by atoms with E-state index in [1.54, 1.807) is 30.3 Å². The summed E-state index contributed by atoms with van der Waals surface area (Å²) in [6, 6.07) is 17.5. The number of halogens is 4. The number of rotatable bonds is 9. The predicted octanol–water partition coefficient (Wildman–Crippen LogP) is 7.53. The molecule has 1 nitrogen and oxygen atoms in total. The molecule has 0 saturated carbocycles. The highest BCUT2D eigenvalue weighted by molar-refractivity contribution is 5.84. The van der Waals surface area contributed by atoms with E-state index in [1.165, 1.54) is 30.3 Å². The highest BCUT2D eigenvalue weighted by atomic mass is 19.1. The van der Waals surface area contributed by atoms with Crippen LogP contribution in [-0.4, -0.2) is 6.61 Å². The number of hydrogen-bond acceptors (Lipinski definition) is 1. The van der Waals surface area contributed by atoms with E-state index in [0.29, 0.717) is 30.2 Å². The molecule has 4 aromatic rings. The quantitative estimate of drug-likeness (QED) is 0.184. The minimum absolute atomic E-state index is 0.00614. The minimum Gasteiger partial charge on any atom is -0.489 e.